The minimum absolute atomic E-state index is 0.0415. The predicted octanol–water partition coefficient (Wildman–Crippen LogP) is 4.01. The Labute approximate surface area is 138 Å². The van der Waals surface area contributed by atoms with Crippen LogP contribution in [0.25, 0.3) is 0 Å². The van der Waals surface area contributed by atoms with Crippen LogP contribution in [0.3, 0.4) is 0 Å². The molecule has 1 aromatic carbocycles. The molecule has 3 nitrogen and oxygen atoms in total. The fraction of sp³-hybridized carbons (Fsp3) is 0.533. The van der Waals surface area contributed by atoms with Gasteiger partial charge in [0.2, 0.25) is 5.91 Å². The van der Waals surface area contributed by atoms with Crippen LogP contribution in [0.1, 0.15) is 19.3 Å². The zero-order valence-corrected chi connectivity index (χ0v) is 13.9. The van der Waals surface area contributed by atoms with Crippen molar-refractivity contribution >= 4 is 46.6 Å². The average Bonchev–Trinajstić information content (AvgIpc) is 2.82. The molecule has 1 aromatic rings. The summed E-state index contributed by atoms with van der Waals surface area (Å²) >= 11 is 13.9. The maximum atomic E-state index is 12.6. The monoisotopic (exact) mass is 345 g/mol. The van der Waals surface area contributed by atoms with Gasteiger partial charge >= 0.3 is 0 Å². The number of carbonyl (C=O) groups is 1. The van der Waals surface area contributed by atoms with E-state index in [4.69, 9.17) is 27.9 Å². The van der Waals surface area contributed by atoms with Crippen molar-refractivity contribution in [3.05, 3.63) is 28.2 Å². The molecule has 2 aliphatic rings. The lowest BCUT2D eigenvalue weighted by Crippen LogP contribution is -2.30. The van der Waals surface area contributed by atoms with Crippen LogP contribution in [0.2, 0.25) is 10.0 Å². The Morgan fingerprint density at radius 2 is 1.95 bits per heavy atom. The van der Waals surface area contributed by atoms with Gasteiger partial charge < -0.3 is 9.64 Å². The molecule has 2 saturated heterocycles. The lowest BCUT2D eigenvalue weighted by molar-refractivity contribution is -0.116. The molecule has 0 aliphatic carbocycles. The van der Waals surface area contributed by atoms with Gasteiger partial charge in [-0.25, -0.2) is 0 Å². The first kappa shape index (κ1) is 15.5. The standard InChI is InChI=1S/C15H17Cl2NO2S/c16-10-1-2-13(12(17)9-10)18-6-3-14(15(18)19)21-11-4-7-20-8-5-11/h1-2,9,11,14H,3-8H2. The molecule has 2 aliphatic heterocycles. The van der Waals surface area contributed by atoms with Crippen LogP contribution in [0.4, 0.5) is 5.69 Å². The first-order chi connectivity index (χ1) is 10.1. The molecule has 114 valence electrons. The number of hydrogen-bond donors (Lipinski definition) is 0. The number of anilines is 1. The van der Waals surface area contributed by atoms with Gasteiger partial charge in [0, 0.05) is 30.0 Å². The molecule has 0 radical (unpaired) electrons. The van der Waals surface area contributed by atoms with E-state index < -0.39 is 0 Å². The molecular formula is C15H17Cl2NO2S. The molecule has 1 unspecified atom stereocenters. The molecule has 2 fully saturated rings. The minimum Gasteiger partial charge on any atom is -0.381 e. The zero-order valence-electron chi connectivity index (χ0n) is 11.6. The Morgan fingerprint density at radius 1 is 1.19 bits per heavy atom. The molecule has 21 heavy (non-hydrogen) atoms. The van der Waals surface area contributed by atoms with Crippen LogP contribution in [0.15, 0.2) is 18.2 Å². The van der Waals surface area contributed by atoms with Crippen molar-refractivity contribution < 1.29 is 9.53 Å². The molecular weight excluding hydrogens is 329 g/mol. The molecule has 0 N–H and O–H groups in total. The third-order valence-corrected chi connectivity index (χ3v) is 6.04. The normalized spacial score (nSPS) is 23.8. The van der Waals surface area contributed by atoms with Crippen LogP contribution < -0.4 is 4.90 Å². The summed E-state index contributed by atoms with van der Waals surface area (Å²) in [5, 5.41) is 1.70. The number of amides is 1. The summed E-state index contributed by atoms with van der Waals surface area (Å²) in [6, 6.07) is 5.28. The van der Waals surface area contributed by atoms with Crippen LogP contribution in [-0.2, 0) is 9.53 Å². The average molecular weight is 346 g/mol. The largest absolute Gasteiger partial charge is 0.381 e. The zero-order chi connectivity index (χ0) is 14.8. The van der Waals surface area contributed by atoms with Crippen LogP contribution in [-0.4, -0.2) is 36.2 Å². The topological polar surface area (TPSA) is 29.5 Å². The van der Waals surface area contributed by atoms with Gasteiger partial charge in [0.25, 0.3) is 0 Å². The fourth-order valence-electron chi connectivity index (χ4n) is 2.76. The van der Waals surface area contributed by atoms with E-state index in [-0.39, 0.29) is 11.2 Å². The van der Waals surface area contributed by atoms with Crippen molar-refractivity contribution in [3.63, 3.8) is 0 Å². The second kappa shape index (κ2) is 6.78. The summed E-state index contributed by atoms with van der Waals surface area (Å²) in [6.07, 6.45) is 2.95. The van der Waals surface area contributed by atoms with Crippen molar-refractivity contribution in [1.29, 1.82) is 0 Å². The van der Waals surface area contributed by atoms with Gasteiger partial charge in [-0.05, 0) is 37.5 Å². The molecule has 0 bridgehead atoms. The molecule has 2 heterocycles. The Bertz CT molecular complexity index is 534. The summed E-state index contributed by atoms with van der Waals surface area (Å²) in [4.78, 5) is 14.4. The van der Waals surface area contributed by atoms with Crippen molar-refractivity contribution in [3.8, 4) is 0 Å². The van der Waals surface area contributed by atoms with E-state index >= 15 is 0 Å². The smallest absolute Gasteiger partial charge is 0.240 e. The second-order valence-corrected chi connectivity index (χ2v) is 7.66. The number of nitrogens with zero attached hydrogens (tertiary/aromatic N) is 1. The summed E-state index contributed by atoms with van der Waals surface area (Å²) in [5.41, 5.74) is 0.765. The molecule has 1 amide bonds. The molecule has 1 atom stereocenters. The maximum absolute atomic E-state index is 12.6. The molecule has 0 spiro atoms. The highest BCUT2D eigenvalue weighted by Gasteiger charge is 2.35. The van der Waals surface area contributed by atoms with Crippen molar-refractivity contribution in [2.75, 3.05) is 24.7 Å². The molecule has 6 heteroatoms. The Balaban J connectivity index is 1.68. The number of rotatable bonds is 3. The second-order valence-electron chi connectivity index (χ2n) is 5.31. The van der Waals surface area contributed by atoms with E-state index in [0.29, 0.717) is 15.3 Å². The highest BCUT2D eigenvalue weighted by molar-refractivity contribution is 8.01. The van der Waals surface area contributed by atoms with Gasteiger partial charge in [0.15, 0.2) is 0 Å². The summed E-state index contributed by atoms with van der Waals surface area (Å²) in [5.74, 6) is 0.163. The fourth-order valence-corrected chi connectivity index (χ4v) is 4.69. The SMILES string of the molecule is O=C1C(SC2CCOCC2)CCN1c1ccc(Cl)cc1Cl. The first-order valence-electron chi connectivity index (χ1n) is 7.15. The maximum Gasteiger partial charge on any atom is 0.240 e. The Kier molecular flexibility index (Phi) is 4.99. The number of halogens is 2. The van der Waals surface area contributed by atoms with Crippen LogP contribution >= 0.6 is 35.0 Å². The highest BCUT2D eigenvalue weighted by atomic mass is 35.5. The van der Waals surface area contributed by atoms with Gasteiger partial charge in [-0.1, -0.05) is 23.2 Å². The van der Waals surface area contributed by atoms with E-state index in [1.54, 1.807) is 28.8 Å². The number of ether oxygens (including phenoxy) is 1. The third-order valence-electron chi connectivity index (χ3n) is 3.88. The number of benzene rings is 1. The predicted molar refractivity (Wildman–Crippen MR) is 88.7 cm³/mol. The third kappa shape index (κ3) is 3.50. The van der Waals surface area contributed by atoms with E-state index in [2.05, 4.69) is 0 Å². The Hall–Kier alpha value is -0.420. The van der Waals surface area contributed by atoms with Gasteiger partial charge in [0.05, 0.1) is 16.0 Å². The van der Waals surface area contributed by atoms with Crippen molar-refractivity contribution in [2.24, 2.45) is 0 Å². The lowest BCUT2D eigenvalue weighted by atomic mass is 10.2. The van der Waals surface area contributed by atoms with Crippen LogP contribution in [0.5, 0.6) is 0 Å². The van der Waals surface area contributed by atoms with Gasteiger partial charge in [-0.2, -0.15) is 0 Å². The van der Waals surface area contributed by atoms with Crippen molar-refractivity contribution in [1.82, 2.24) is 0 Å². The number of thioether (sulfide) groups is 1. The van der Waals surface area contributed by atoms with E-state index in [9.17, 15) is 4.79 Å². The minimum atomic E-state index is 0.0415. The van der Waals surface area contributed by atoms with Gasteiger partial charge in [0.1, 0.15) is 0 Å². The summed E-state index contributed by atoms with van der Waals surface area (Å²) in [7, 11) is 0. The van der Waals surface area contributed by atoms with Crippen LogP contribution in [0, 0.1) is 0 Å². The van der Waals surface area contributed by atoms with E-state index in [1.807, 2.05) is 6.07 Å². The number of carbonyl (C=O) groups excluding carboxylic acids is 1. The first-order valence-corrected chi connectivity index (χ1v) is 8.84. The molecule has 3 rings (SSSR count). The molecule has 0 aromatic heterocycles. The molecule has 0 saturated carbocycles. The highest BCUT2D eigenvalue weighted by Crippen LogP contribution is 2.37. The number of hydrogen-bond acceptors (Lipinski definition) is 3. The lowest BCUT2D eigenvalue weighted by Gasteiger charge is -2.24. The summed E-state index contributed by atoms with van der Waals surface area (Å²) in [6.45, 7) is 2.34. The quantitative estimate of drug-likeness (QED) is 0.828. The van der Waals surface area contributed by atoms with Crippen molar-refractivity contribution in [2.45, 2.75) is 29.8 Å². The van der Waals surface area contributed by atoms with Gasteiger partial charge in [-0.3, -0.25) is 4.79 Å². The van der Waals surface area contributed by atoms with E-state index in [1.165, 1.54) is 0 Å². The Morgan fingerprint density at radius 3 is 2.67 bits per heavy atom. The summed E-state index contributed by atoms with van der Waals surface area (Å²) < 4.78 is 5.37. The van der Waals surface area contributed by atoms with E-state index in [0.717, 1.165) is 44.7 Å². The van der Waals surface area contributed by atoms with Gasteiger partial charge in [-0.15, -0.1) is 11.8 Å².